The van der Waals surface area contributed by atoms with Crippen LogP contribution in [0.5, 0.6) is 0 Å². The van der Waals surface area contributed by atoms with E-state index in [1.54, 1.807) is 0 Å². The molecule has 0 amide bonds. The third kappa shape index (κ3) is 3.63. The minimum Gasteiger partial charge on any atom is -0.361 e. The van der Waals surface area contributed by atoms with Crippen molar-refractivity contribution in [1.29, 1.82) is 0 Å². The second-order valence-corrected chi connectivity index (χ2v) is 7.36. The fourth-order valence-electron chi connectivity index (χ4n) is 3.43. The van der Waals surface area contributed by atoms with Gasteiger partial charge >= 0.3 is 0 Å². The van der Waals surface area contributed by atoms with Crippen molar-refractivity contribution in [3.05, 3.63) is 71.5 Å². The number of H-pyrrole nitrogens is 2. The Balaban J connectivity index is 0.000000146. The molecule has 130 valence electrons. The van der Waals surface area contributed by atoms with Crippen LogP contribution in [-0.2, 0) is 0 Å². The molecule has 0 aliphatic carbocycles. The lowest BCUT2D eigenvalue weighted by Gasteiger charge is -2.05. The van der Waals surface area contributed by atoms with Crippen LogP contribution in [0.15, 0.2) is 54.7 Å². The smallest absolute Gasteiger partial charge is 0.0458 e. The highest BCUT2D eigenvalue weighted by atomic mass is 14.7. The summed E-state index contributed by atoms with van der Waals surface area (Å²) >= 11 is 0. The molecule has 0 bridgehead atoms. The van der Waals surface area contributed by atoms with E-state index in [1.165, 1.54) is 38.6 Å². The number of rotatable bonds is 2. The normalized spacial score (nSPS) is 11.3. The van der Waals surface area contributed by atoms with Crippen LogP contribution in [0.25, 0.3) is 21.8 Å². The van der Waals surface area contributed by atoms with Crippen LogP contribution in [0.1, 0.15) is 56.4 Å². The van der Waals surface area contributed by atoms with Crippen molar-refractivity contribution in [2.24, 2.45) is 0 Å². The van der Waals surface area contributed by atoms with Crippen molar-refractivity contribution in [2.45, 2.75) is 46.5 Å². The maximum absolute atomic E-state index is 3.35. The van der Waals surface area contributed by atoms with Gasteiger partial charge in [-0.1, -0.05) is 52.0 Å². The highest BCUT2D eigenvalue weighted by Crippen LogP contribution is 2.26. The molecule has 0 spiro atoms. The summed E-state index contributed by atoms with van der Waals surface area (Å²) in [7, 11) is 0. The molecule has 0 fully saturated rings. The van der Waals surface area contributed by atoms with Gasteiger partial charge in [-0.3, -0.25) is 0 Å². The largest absolute Gasteiger partial charge is 0.361 e. The third-order valence-electron chi connectivity index (χ3n) is 4.71. The zero-order valence-corrected chi connectivity index (χ0v) is 15.9. The van der Waals surface area contributed by atoms with E-state index in [0.29, 0.717) is 11.8 Å². The molecule has 0 saturated carbocycles. The Bertz CT molecular complexity index is 970. The molecular weight excluding hydrogens is 304 g/mol. The van der Waals surface area contributed by atoms with Gasteiger partial charge in [0, 0.05) is 33.7 Å². The summed E-state index contributed by atoms with van der Waals surface area (Å²) in [5.74, 6) is 1.20. The molecule has 0 aliphatic heterocycles. The highest BCUT2D eigenvalue weighted by Gasteiger charge is 2.06. The Morgan fingerprint density at radius 3 is 1.96 bits per heavy atom. The second kappa shape index (κ2) is 7.18. The molecule has 0 aliphatic rings. The predicted molar refractivity (Wildman–Crippen MR) is 110 cm³/mol. The summed E-state index contributed by atoms with van der Waals surface area (Å²) in [5, 5.41) is 2.72. The molecule has 0 saturated heterocycles. The highest BCUT2D eigenvalue weighted by molar-refractivity contribution is 5.84. The van der Waals surface area contributed by atoms with Crippen molar-refractivity contribution >= 4 is 21.8 Å². The molecule has 2 heteroatoms. The van der Waals surface area contributed by atoms with Crippen LogP contribution in [-0.4, -0.2) is 9.97 Å². The fraction of sp³-hybridized carbons (Fsp3) is 0.304. The van der Waals surface area contributed by atoms with E-state index in [4.69, 9.17) is 0 Å². The average Bonchev–Trinajstić information content (AvgIpc) is 3.19. The van der Waals surface area contributed by atoms with Gasteiger partial charge in [-0.25, -0.2) is 0 Å². The summed E-state index contributed by atoms with van der Waals surface area (Å²) in [6, 6.07) is 17.2. The molecule has 25 heavy (non-hydrogen) atoms. The number of nitrogens with one attached hydrogen (secondary N) is 2. The van der Waals surface area contributed by atoms with E-state index in [1.807, 2.05) is 6.20 Å². The first-order valence-corrected chi connectivity index (χ1v) is 9.11. The number of aromatic amines is 2. The lowest BCUT2D eigenvalue weighted by molar-refractivity contribution is 0.876. The molecule has 0 unspecified atom stereocenters. The van der Waals surface area contributed by atoms with E-state index in [9.17, 15) is 0 Å². The van der Waals surface area contributed by atoms with E-state index >= 15 is 0 Å². The number of aryl methyl sites for hydroxylation is 1. The number of aromatic nitrogens is 2. The maximum Gasteiger partial charge on any atom is 0.0458 e. The lowest BCUT2D eigenvalue weighted by atomic mass is 9.99. The Morgan fingerprint density at radius 1 is 0.720 bits per heavy atom. The van der Waals surface area contributed by atoms with Gasteiger partial charge in [-0.2, -0.15) is 0 Å². The number of fused-ring (bicyclic) bond motifs is 2. The third-order valence-corrected chi connectivity index (χ3v) is 4.71. The van der Waals surface area contributed by atoms with Gasteiger partial charge in [0.2, 0.25) is 0 Å². The van der Waals surface area contributed by atoms with Crippen molar-refractivity contribution < 1.29 is 0 Å². The van der Waals surface area contributed by atoms with Gasteiger partial charge in [0.15, 0.2) is 0 Å². The van der Waals surface area contributed by atoms with E-state index in [2.05, 4.69) is 93.1 Å². The summed E-state index contributed by atoms with van der Waals surface area (Å²) in [6.07, 6.45) is 2.00. The summed E-state index contributed by atoms with van der Waals surface area (Å²) in [4.78, 5) is 6.57. The predicted octanol–water partition coefficient (Wildman–Crippen LogP) is 6.89. The van der Waals surface area contributed by atoms with E-state index in [-0.39, 0.29) is 0 Å². The van der Waals surface area contributed by atoms with Crippen LogP contribution < -0.4 is 0 Å². The van der Waals surface area contributed by atoms with Crippen molar-refractivity contribution in [3.63, 3.8) is 0 Å². The van der Waals surface area contributed by atoms with Crippen molar-refractivity contribution in [1.82, 2.24) is 9.97 Å². The van der Waals surface area contributed by atoms with Crippen LogP contribution in [0, 0.1) is 6.92 Å². The minimum absolute atomic E-state index is 0.596. The zero-order valence-electron chi connectivity index (χ0n) is 15.9. The molecule has 0 radical (unpaired) electrons. The van der Waals surface area contributed by atoms with Gasteiger partial charge in [-0.05, 0) is 54.2 Å². The molecule has 0 atom stereocenters. The average molecular weight is 332 g/mol. The van der Waals surface area contributed by atoms with Crippen LogP contribution in [0.2, 0.25) is 0 Å². The minimum atomic E-state index is 0.596. The summed E-state index contributed by atoms with van der Waals surface area (Å²) < 4.78 is 0. The molecule has 2 heterocycles. The van der Waals surface area contributed by atoms with E-state index in [0.717, 1.165) is 0 Å². The van der Waals surface area contributed by atoms with Gasteiger partial charge in [0.05, 0.1) is 0 Å². The van der Waals surface area contributed by atoms with Gasteiger partial charge in [0.25, 0.3) is 0 Å². The zero-order chi connectivity index (χ0) is 18.0. The van der Waals surface area contributed by atoms with Crippen LogP contribution >= 0.6 is 0 Å². The first-order valence-electron chi connectivity index (χ1n) is 9.11. The molecule has 2 aromatic heterocycles. The van der Waals surface area contributed by atoms with Gasteiger partial charge < -0.3 is 9.97 Å². The quantitative estimate of drug-likeness (QED) is 0.400. The molecular formula is C23H28N2. The Hall–Kier alpha value is -2.48. The molecule has 2 aromatic carbocycles. The van der Waals surface area contributed by atoms with Crippen LogP contribution in [0.4, 0.5) is 0 Å². The number of hydrogen-bond donors (Lipinski definition) is 2. The van der Waals surface area contributed by atoms with Crippen molar-refractivity contribution in [2.75, 3.05) is 0 Å². The summed E-state index contributed by atoms with van der Waals surface area (Å²) in [6.45, 7) is 11.0. The van der Waals surface area contributed by atoms with Crippen molar-refractivity contribution in [3.8, 4) is 0 Å². The molecule has 2 N–H and O–H groups in total. The first-order chi connectivity index (χ1) is 12.0. The summed E-state index contributed by atoms with van der Waals surface area (Å²) in [5.41, 5.74) is 6.59. The molecule has 2 nitrogen and oxygen atoms in total. The van der Waals surface area contributed by atoms with E-state index < -0.39 is 0 Å². The standard InChI is InChI=1S/C12H15N.C11H13N/c1-8(2)10-5-4-6-12-11(10)7-9(3)13-12;1-8(2)9-4-3-5-11-10(9)6-7-12-11/h4-8,13H,1-3H3;3-8,12H,1-2H3. The molecule has 4 aromatic rings. The molecule has 4 rings (SSSR count). The van der Waals surface area contributed by atoms with Gasteiger partial charge in [0.1, 0.15) is 0 Å². The lowest BCUT2D eigenvalue weighted by Crippen LogP contribution is -1.86. The second-order valence-electron chi connectivity index (χ2n) is 7.36. The monoisotopic (exact) mass is 332 g/mol. The number of benzene rings is 2. The topological polar surface area (TPSA) is 31.6 Å². The van der Waals surface area contributed by atoms with Crippen LogP contribution in [0.3, 0.4) is 0 Å². The van der Waals surface area contributed by atoms with Gasteiger partial charge in [-0.15, -0.1) is 0 Å². The maximum atomic E-state index is 3.35. The Kier molecular flexibility index (Phi) is 4.98. The first kappa shape index (κ1) is 17.3. The Labute approximate surface area is 150 Å². The Morgan fingerprint density at radius 2 is 1.32 bits per heavy atom. The fourth-order valence-corrected chi connectivity index (χ4v) is 3.43. The number of hydrogen-bond acceptors (Lipinski definition) is 0. The SMILES string of the molecule is CC(C)c1cccc2[nH]ccc12.Cc1cc2c(C(C)C)cccc2[nH]1.